The van der Waals surface area contributed by atoms with Crippen LogP contribution >= 0.6 is 11.6 Å². The van der Waals surface area contributed by atoms with Gasteiger partial charge < -0.3 is 15.1 Å². The molecule has 0 aromatic heterocycles. The number of nitrogens with zero attached hydrogens (tertiary/aromatic N) is 2. The zero-order valence-corrected chi connectivity index (χ0v) is 16.0. The Labute approximate surface area is 163 Å². The molecule has 2 aliphatic rings. The van der Waals surface area contributed by atoms with Crippen LogP contribution in [0.25, 0.3) is 0 Å². The van der Waals surface area contributed by atoms with Crippen molar-refractivity contribution in [2.75, 3.05) is 24.5 Å². The molecule has 2 amide bonds. The second kappa shape index (κ2) is 6.89. The molecule has 27 heavy (non-hydrogen) atoms. The normalized spacial score (nSPS) is 18.2. The highest BCUT2D eigenvalue weighted by Gasteiger charge is 2.45. The number of hydrogen-bond donors (Lipinski definition) is 1. The Bertz CT molecular complexity index is 873. The van der Waals surface area contributed by atoms with Crippen molar-refractivity contribution in [3.05, 3.63) is 64.7 Å². The first-order chi connectivity index (χ1) is 13.0. The fourth-order valence-electron chi connectivity index (χ4n) is 4.20. The number of carbonyl (C=O) groups is 2. The topological polar surface area (TPSA) is 52.7 Å². The van der Waals surface area contributed by atoms with E-state index in [2.05, 4.69) is 17.1 Å². The third kappa shape index (κ3) is 3.06. The molecule has 2 aromatic rings. The van der Waals surface area contributed by atoms with Gasteiger partial charge in [-0.05, 0) is 43.3 Å². The van der Waals surface area contributed by atoms with Crippen LogP contribution in [-0.4, -0.2) is 42.0 Å². The van der Waals surface area contributed by atoms with Gasteiger partial charge in [-0.15, -0.1) is 0 Å². The van der Waals surface area contributed by atoms with E-state index in [0.29, 0.717) is 42.1 Å². The number of anilines is 1. The molecule has 140 valence electrons. The highest BCUT2D eigenvalue weighted by molar-refractivity contribution is 6.30. The zero-order chi connectivity index (χ0) is 19.0. The van der Waals surface area contributed by atoms with Crippen molar-refractivity contribution in [2.45, 2.75) is 25.4 Å². The standard InChI is InChI=1S/C21H22ClN3O2/c1-2-25-18-6-4-3-5-17(18)19(26)23-21(25)11-13-24(14-12-21)20(27)15-7-9-16(22)10-8-15/h3-10H,2,11-14H2,1H3,(H,23,26). The van der Waals surface area contributed by atoms with Crippen LogP contribution in [0.15, 0.2) is 48.5 Å². The lowest BCUT2D eigenvalue weighted by molar-refractivity contribution is 0.0603. The number of piperidine rings is 1. The Morgan fingerprint density at radius 1 is 1.11 bits per heavy atom. The van der Waals surface area contributed by atoms with Crippen LogP contribution < -0.4 is 10.2 Å². The molecule has 0 unspecified atom stereocenters. The minimum Gasteiger partial charge on any atom is -0.348 e. The maximum atomic E-state index is 12.8. The molecule has 4 rings (SSSR count). The van der Waals surface area contributed by atoms with Gasteiger partial charge in [-0.1, -0.05) is 23.7 Å². The van der Waals surface area contributed by atoms with Crippen molar-refractivity contribution in [3.8, 4) is 0 Å². The van der Waals surface area contributed by atoms with E-state index in [0.717, 1.165) is 12.2 Å². The van der Waals surface area contributed by atoms with Crippen LogP contribution in [0.5, 0.6) is 0 Å². The van der Waals surface area contributed by atoms with Crippen LogP contribution in [-0.2, 0) is 0 Å². The van der Waals surface area contributed by atoms with Crippen molar-refractivity contribution in [2.24, 2.45) is 0 Å². The molecule has 2 aromatic carbocycles. The minimum atomic E-state index is -0.434. The number of para-hydroxylation sites is 1. The van der Waals surface area contributed by atoms with Crippen LogP contribution in [0.3, 0.4) is 0 Å². The number of fused-ring (bicyclic) bond motifs is 1. The predicted octanol–water partition coefficient (Wildman–Crippen LogP) is 3.54. The number of hydrogen-bond acceptors (Lipinski definition) is 3. The van der Waals surface area contributed by atoms with Crippen LogP contribution in [0.2, 0.25) is 5.02 Å². The third-order valence-electron chi connectivity index (χ3n) is 5.59. The molecule has 2 aliphatic heterocycles. The summed E-state index contributed by atoms with van der Waals surface area (Å²) in [6, 6.07) is 14.7. The summed E-state index contributed by atoms with van der Waals surface area (Å²) in [6.45, 7) is 4.09. The summed E-state index contributed by atoms with van der Waals surface area (Å²) < 4.78 is 0. The van der Waals surface area contributed by atoms with Gasteiger partial charge in [-0.2, -0.15) is 0 Å². The van der Waals surface area contributed by atoms with Gasteiger partial charge in [0.1, 0.15) is 5.66 Å². The smallest absolute Gasteiger partial charge is 0.255 e. The zero-order valence-electron chi connectivity index (χ0n) is 15.2. The second-order valence-corrected chi connectivity index (χ2v) is 7.48. The lowest BCUT2D eigenvalue weighted by atomic mass is 9.89. The molecule has 2 heterocycles. The molecular formula is C21H22ClN3O2. The molecule has 0 bridgehead atoms. The fourth-order valence-corrected chi connectivity index (χ4v) is 4.33. The molecule has 0 atom stereocenters. The lowest BCUT2D eigenvalue weighted by Gasteiger charge is -2.52. The quantitative estimate of drug-likeness (QED) is 0.862. The summed E-state index contributed by atoms with van der Waals surface area (Å²) >= 11 is 5.92. The van der Waals surface area contributed by atoms with Crippen molar-refractivity contribution >= 4 is 29.1 Å². The van der Waals surface area contributed by atoms with E-state index < -0.39 is 5.66 Å². The first-order valence-electron chi connectivity index (χ1n) is 9.28. The maximum absolute atomic E-state index is 12.8. The van der Waals surface area contributed by atoms with Crippen molar-refractivity contribution in [1.29, 1.82) is 0 Å². The fraction of sp³-hybridized carbons (Fsp3) is 0.333. The van der Waals surface area contributed by atoms with Gasteiger partial charge in [-0.3, -0.25) is 9.59 Å². The van der Waals surface area contributed by atoms with Gasteiger partial charge in [0.2, 0.25) is 0 Å². The molecule has 1 spiro atoms. The van der Waals surface area contributed by atoms with E-state index in [9.17, 15) is 9.59 Å². The number of amides is 2. The number of carbonyl (C=O) groups excluding carboxylic acids is 2. The summed E-state index contributed by atoms with van der Waals surface area (Å²) in [5.74, 6) is -0.0279. The van der Waals surface area contributed by atoms with Gasteiger partial charge in [0, 0.05) is 43.1 Å². The Kier molecular flexibility index (Phi) is 4.56. The summed E-state index contributed by atoms with van der Waals surface area (Å²) in [5.41, 5.74) is 1.89. The number of rotatable bonds is 2. The molecule has 1 saturated heterocycles. The van der Waals surface area contributed by atoms with E-state index in [1.165, 1.54) is 0 Å². The number of halogens is 1. The van der Waals surface area contributed by atoms with Gasteiger partial charge in [0.15, 0.2) is 0 Å². The monoisotopic (exact) mass is 383 g/mol. The minimum absolute atomic E-state index is 0.00658. The predicted molar refractivity (Wildman–Crippen MR) is 106 cm³/mol. The van der Waals surface area contributed by atoms with E-state index in [-0.39, 0.29) is 11.8 Å². The molecule has 1 fully saturated rings. The van der Waals surface area contributed by atoms with E-state index in [4.69, 9.17) is 11.6 Å². The number of nitrogens with one attached hydrogen (secondary N) is 1. The molecule has 0 aliphatic carbocycles. The highest BCUT2D eigenvalue weighted by atomic mass is 35.5. The van der Waals surface area contributed by atoms with Gasteiger partial charge in [-0.25, -0.2) is 0 Å². The van der Waals surface area contributed by atoms with Gasteiger partial charge >= 0.3 is 0 Å². The SMILES string of the molecule is CCN1c2ccccc2C(=O)NC12CCN(C(=O)c1ccc(Cl)cc1)CC2. The van der Waals surface area contributed by atoms with Crippen LogP contribution in [0.4, 0.5) is 5.69 Å². The molecule has 0 saturated carbocycles. The van der Waals surface area contributed by atoms with E-state index in [1.54, 1.807) is 24.3 Å². The van der Waals surface area contributed by atoms with Crippen LogP contribution in [0.1, 0.15) is 40.5 Å². The Hall–Kier alpha value is -2.53. The molecule has 6 heteroatoms. The molecule has 5 nitrogen and oxygen atoms in total. The van der Waals surface area contributed by atoms with Crippen molar-refractivity contribution in [1.82, 2.24) is 10.2 Å². The largest absolute Gasteiger partial charge is 0.348 e. The average molecular weight is 384 g/mol. The highest BCUT2D eigenvalue weighted by Crippen LogP contribution is 2.37. The maximum Gasteiger partial charge on any atom is 0.255 e. The van der Waals surface area contributed by atoms with E-state index in [1.807, 2.05) is 29.2 Å². The van der Waals surface area contributed by atoms with Crippen LogP contribution in [0, 0.1) is 0 Å². The molecular weight excluding hydrogens is 362 g/mol. The average Bonchev–Trinajstić information content (AvgIpc) is 2.69. The number of likely N-dealkylation sites (tertiary alicyclic amines) is 1. The summed E-state index contributed by atoms with van der Waals surface area (Å²) in [5, 5.41) is 3.84. The summed E-state index contributed by atoms with van der Waals surface area (Å²) in [7, 11) is 0. The van der Waals surface area contributed by atoms with Gasteiger partial charge in [0.05, 0.1) is 11.3 Å². The van der Waals surface area contributed by atoms with Crippen molar-refractivity contribution in [3.63, 3.8) is 0 Å². The lowest BCUT2D eigenvalue weighted by Crippen LogP contribution is -2.68. The molecule has 1 N–H and O–H groups in total. The second-order valence-electron chi connectivity index (χ2n) is 7.05. The number of benzene rings is 2. The Morgan fingerprint density at radius 2 is 1.78 bits per heavy atom. The summed E-state index contributed by atoms with van der Waals surface area (Å²) in [6.07, 6.45) is 1.39. The Morgan fingerprint density at radius 3 is 2.44 bits per heavy atom. The first-order valence-corrected chi connectivity index (χ1v) is 9.66. The molecule has 0 radical (unpaired) electrons. The Balaban J connectivity index is 1.55. The van der Waals surface area contributed by atoms with Gasteiger partial charge in [0.25, 0.3) is 11.8 Å². The third-order valence-corrected chi connectivity index (χ3v) is 5.84. The van der Waals surface area contributed by atoms with E-state index >= 15 is 0 Å². The summed E-state index contributed by atoms with van der Waals surface area (Å²) in [4.78, 5) is 29.6. The first kappa shape index (κ1) is 17.9. The van der Waals surface area contributed by atoms with Crippen molar-refractivity contribution < 1.29 is 9.59 Å².